The van der Waals surface area contributed by atoms with Crippen molar-refractivity contribution in [1.82, 2.24) is 14.7 Å². The van der Waals surface area contributed by atoms with Gasteiger partial charge in [-0.15, -0.1) is 0 Å². The molecule has 1 fully saturated rings. The van der Waals surface area contributed by atoms with E-state index < -0.39 is 5.97 Å². The molecule has 0 unspecified atom stereocenters. The Labute approximate surface area is 127 Å². The highest BCUT2D eigenvalue weighted by molar-refractivity contribution is 7.09. The minimum Gasteiger partial charge on any atom is -0.465 e. The van der Waals surface area contributed by atoms with Crippen molar-refractivity contribution >= 4 is 28.5 Å². The number of ether oxygens (including phenoxy) is 1. The number of carbonyl (C=O) groups is 2. The maximum Gasteiger partial charge on any atom is 0.325 e. The fourth-order valence-corrected chi connectivity index (χ4v) is 2.99. The molecule has 0 spiro atoms. The Balaban J connectivity index is 1.75. The van der Waals surface area contributed by atoms with Crippen molar-refractivity contribution in [2.45, 2.75) is 26.7 Å². The normalized spacial score (nSPS) is 15.8. The number of rotatable bonds is 5. The van der Waals surface area contributed by atoms with Gasteiger partial charge in [0.1, 0.15) is 12.4 Å². The van der Waals surface area contributed by atoms with Crippen molar-refractivity contribution < 1.29 is 14.3 Å². The molecule has 1 aliphatic rings. The summed E-state index contributed by atoms with van der Waals surface area (Å²) in [5.74, 6) is 0.262. The van der Waals surface area contributed by atoms with Crippen LogP contribution in [0.15, 0.2) is 0 Å². The summed E-state index contributed by atoms with van der Waals surface area (Å²) in [6.07, 6.45) is 1.51. The largest absolute Gasteiger partial charge is 0.465 e. The van der Waals surface area contributed by atoms with Crippen molar-refractivity contribution in [3.8, 4) is 0 Å². The Morgan fingerprint density at radius 3 is 2.71 bits per heavy atom. The number of esters is 1. The van der Waals surface area contributed by atoms with Gasteiger partial charge >= 0.3 is 5.97 Å². The average molecular weight is 312 g/mol. The van der Waals surface area contributed by atoms with E-state index in [0.717, 1.165) is 36.9 Å². The van der Waals surface area contributed by atoms with Crippen molar-refractivity contribution in [1.29, 1.82) is 0 Å². The number of hydrogen-bond donors (Lipinski definition) is 1. The molecule has 2 rings (SSSR count). The molecular weight excluding hydrogens is 292 g/mol. The molecular formula is C13H20N4O3S. The molecule has 0 bridgehead atoms. The van der Waals surface area contributed by atoms with Crippen molar-refractivity contribution in [2.75, 3.05) is 31.1 Å². The zero-order valence-electron chi connectivity index (χ0n) is 12.3. The highest BCUT2D eigenvalue weighted by Gasteiger charge is 2.26. The van der Waals surface area contributed by atoms with Crippen LogP contribution in [0.25, 0.3) is 0 Å². The van der Waals surface area contributed by atoms with Crippen LogP contribution in [0, 0.1) is 12.8 Å². The number of nitrogens with zero attached hydrogens (tertiary/aromatic N) is 3. The number of amides is 1. The summed E-state index contributed by atoms with van der Waals surface area (Å²) in [6, 6.07) is 0. The molecule has 2 heterocycles. The van der Waals surface area contributed by atoms with E-state index in [-0.39, 0.29) is 18.4 Å². The van der Waals surface area contributed by atoms with Crippen LogP contribution in [-0.4, -0.2) is 47.5 Å². The Morgan fingerprint density at radius 2 is 2.14 bits per heavy atom. The van der Waals surface area contributed by atoms with Crippen LogP contribution in [0.1, 0.15) is 25.6 Å². The molecule has 0 atom stereocenters. The summed E-state index contributed by atoms with van der Waals surface area (Å²) >= 11 is 1.39. The fourth-order valence-electron chi connectivity index (χ4n) is 2.26. The first kappa shape index (κ1) is 15.7. The van der Waals surface area contributed by atoms with E-state index in [4.69, 9.17) is 4.74 Å². The summed E-state index contributed by atoms with van der Waals surface area (Å²) in [5.41, 5.74) is 0. The molecule has 1 aromatic rings. The monoisotopic (exact) mass is 312 g/mol. The second-order valence-electron chi connectivity index (χ2n) is 4.91. The molecule has 1 N–H and O–H groups in total. The first-order valence-electron chi connectivity index (χ1n) is 7.08. The van der Waals surface area contributed by atoms with Crippen LogP contribution in [0.3, 0.4) is 0 Å². The van der Waals surface area contributed by atoms with Crippen molar-refractivity contribution in [3.63, 3.8) is 0 Å². The van der Waals surface area contributed by atoms with E-state index in [9.17, 15) is 9.59 Å². The lowest BCUT2D eigenvalue weighted by atomic mass is 9.96. The molecule has 0 saturated carbocycles. The third-order valence-corrected chi connectivity index (χ3v) is 4.23. The van der Waals surface area contributed by atoms with E-state index in [1.807, 2.05) is 6.92 Å². The Kier molecular flexibility index (Phi) is 5.49. The van der Waals surface area contributed by atoms with Gasteiger partial charge in [0.15, 0.2) is 0 Å². The van der Waals surface area contributed by atoms with E-state index >= 15 is 0 Å². The Morgan fingerprint density at radius 1 is 1.43 bits per heavy atom. The first-order chi connectivity index (χ1) is 10.1. The van der Waals surface area contributed by atoms with Gasteiger partial charge < -0.3 is 15.0 Å². The lowest BCUT2D eigenvalue weighted by Gasteiger charge is -2.30. The highest BCUT2D eigenvalue weighted by Crippen LogP contribution is 2.24. The second kappa shape index (κ2) is 7.35. The lowest BCUT2D eigenvalue weighted by molar-refractivity contribution is -0.143. The van der Waals surface area contributed by atoms with Crippen molar-refractivity contribution in [3.05, 3.63) is 5.82 Å². The molecule has 21 heavy (non-hydrogen) atoms. The maximum atomic E-state index is 12.0. The summed E-state index contributed by atoms with van der Waals surface area (Å²) < 4.78 is 8.95. The molecule has 0 aliphatic carbocycles. The van der Waals surface area contributed by atoms with Crippen LogP contribution in [-0.2, 0) is 14.3 Å². The third kappa shape index (κ3) is 4.38. The molecule has 1 amide bonds. The smallest absolute Gasteiger partial charge is 0.325 e. The van der Waals surface area contributed by atoms with Crippen LogP contribution in [0.2, 0.25) is 0 Å². The lowest BCUT2D eigenvalue weighted by Crippen LogP contribution is -2.42. The minimum atomic E-state index is -0.396. The minimum absolute atomic E-state index is 0.0512. The number of aromatic nitrogens is 2. The SMILES string of the molecule is CCOC(=O)CNC(=O)C1CCN(c2nc(C)ns2)CC1. The Hall–Kier alpha value is -1.70. The number of piperidine rings is 1. The molecule has 8 heteroatoms. The highest BCUT2D eigenvalue weighted by atomic mass is 32.1. The van der Waals surface area contributed by atoms with Crippen molar-refractivity contribution in [2.24, 2.45) is 5.92 Å². The molecule has 0 aromatic carbocycles. The van der Waals surface area contributed by atoms with Crippen LogP contribution in [0.4, 0.5) is 5.13 Å². The van der Waals surface area contributed by atoms with Gasteiger partial charge in [0.05, 0.1) is 6.61 Å². The van der Waals surface area contributed by atoms with Gasteiger partial charge in [-0.05, 0) is 26.7 Å². The van der Waals surface area contributed by atoms with Crippen LogP contribution >= 0.6 is 11.5 Å². The molecule has 0 radical (unpaired) electrons. The first-order valence-corrected chi connectivity index (χ1v) is 7.86. The summed E-state index contributed by atoms with van der Waals surface area (Å²) in [6.45, 7) is 5.45. The van der Waals surface area contributed by atoms with Gasteiger partial charge in [-0.25, -0.2) is 4.98 Å². The van der Waals surface area contributed by atoms with E-state index in [0.29, 0.717) is 6.61 Å². The van der Waals surface area contributed by atoms with Gasteiger partial charge in [-0.3, -0.25) is 9.59 Å². The summed E-state index contributed by atoms with van der Waals surface area (Å²) in [4.78, 5) is 29.7. The summed E-state index contributed by atoms with van der Waals surface area (Å²) in [5, 5.41) is 3.55. The topological polar surface area (TPSA) is 84.4 Å². The van der Waals surface area contributed by atoms with Gasteiger partial charge in [0.25, 0.3) is 0 Å². The van der Waals surface area contributed by atoms with E-state index in [1.165, 1.54) is 11.5 Å². The van der Waals surface area contributed by atoms with Gasteiger partial charge in [0, 0.05) is 30.5 Å². The van der Waals surface area contributed by atoms with Gasteiger partial charge in [-0.2, -0.15) is 4.37 Å². The number of aryl methyl sites for hydroxylation is 1. The number of nitrogens with one attached hydrogen (secondary N) is 1. The number of anilines is 1. The summed E-state index contributed by atoms with van der Waals surface area (Å²) in [7, 11) is 0. The molecule has 1 aliphatic heterocycles. The van der Waals surface area contributed by atoms with Crippen LogP contribution in [0.5, 0.6) is 0 Å². The van der Waals surface area contributed by atoms with Crippen LogP contribution < -0.4 is 10.2 Å². The number of carbonyl (C=O) groups excluding carboxylic acids is 2. The molecule has 116 valence electrons. The predicted octanol–water partition coefficient (Wildman–Crippen LogP) is 0.742. The fraction of sp³-hybridized carbons (Fsp3) is 0.692. The molecule has 1 aromatic heterocycles. The second-order valence-corrected chi connectivity index (χ2v) is 5.64. The Bertz CT molecular complexity index is 497. The predicted molar refractivity (Wildman–Crippen MR) is 79.2 cm³/mol. The standard InChI is InChI=1S/C13H20N4O3S/c1-3-20-11(18)8-14-12(19)10-4-6-17(7-5-10)13-15-9(2)16-21-13/h10H,3-8H2,1-2H3,(H,14,19). The zero-order chi connectivity index (χ0) is 15.2. The van der Waals surface area contributed by atoms with E-state index in [1.54, 1.807) is 6.92 Å². The van der Waals surface area contributed by atoms with Gasteiger partial charge in [-0.1, -0.05) is 0 Å². The van der Waals surface area contributed by atoms with Gasteiger partial charge in [0.2, 0.25) is 11.0 Å². The molecule has 7 nitrogen and oxygen atoms in total. The third-order valence-electron chi connectivity index (χ3n) is 3.37. The quantitative estimate of drug-likeness (QED) is 0.807. The van der Waals surface area contributed by atoms with E-state index in [2.05, 4.69) is 19.6 Å². The zero-order valence-corrected chi connectivity index (χ0v) is 13.1. The number of hydrogen-bond acceptors (Lipinski definition) is 7. The average Bonchev–Trinajstić information content (AvgIpc) is 2.92. The molecule has 1 saturated heterocycles. The maximum absolute atomic E-state index is 12.0.